The van der Waals surface area contributed by atoms with Gasteiger partial charge in [-0.1, -0.05) is 127 Å². The Morgan fingerprint density at radius 2 is 1.08 bits per heavy atom. The molecule has 0 aromatic heterocycles. The molecule has 0 amide bonds. The van der Waals surface area contributed by atoms with Crippen LogP contribution in [0, 0.1) is 0 Å². The van der Waals surface area contributed by atoms with Gasteiger partial charge in [-0.25, -0.2) is 0 Å². The number of hydrogen-bond acceptors (Lipinski definition) is 10. The van der Waals surface area contributed by atoms with Crippen LogP contribution in [0.4, 0.5) is 0 Å². The predicted molar refractivity (Wildman–Crippen MR) is 223 cm³/mol. The Balaban J connectivity index is 1.23. The van der Waals surface area contributed by atoms with Crippen molar-refractivity contribution in [1.29, 1.82) is 0 Å². The molecule has 0 bridgehead atoms. The number of nitrogens with zero attached hydrogens (tertiary/aromatic N) is 1. The lowest BCUT2D eigenvalue weighted by atomic mass is 10.0. The summed E-state index contributed by atoms with van der Waals surface area (Å²) < 4.78 is 43.3. The summed E-state index contributed by atoms with van der Waals surface area (Å²) in [5, 5.41) is 11.9. The predicted octanol–water partition coefficient (Wildman–Crippen LogP) is 8.03. The number of hydrogen-bond donors (Lipinski definition) is 1. The number of aliphatic hydroxyl groups excluding tert-OH is 1. The fraction of sp³-hybridized carbons (Fsp3) is 0.367. The summed E-state index contributed by atoms with van der Waals surface area (Å²) in [5.74, 6) is -1.23. The van der Waals surface area contributed by atoms with Crippen molar-refractivity contribution in [1.82, 2.24) is 4.90 Å². The lowest BCUT2D eigenvalue weighted by molar-refractivity contribution is -0.201. The SMILES string of the molecule is CC1(C)OC[C@H](C(O)C(OC(=O)C(Cc2ccc(OCc3ccccc3)c(OCc3ccccc3)c2)N(Cc2ccccc2)Cc2ccccc2)[C@H]2COC(C)(C)O2)O1. The Morgan fingerprint density at radius 1 is 0.627 bits per heavy atom. The molecule has 7 rings (SSSR count). The largest absolute Gasteiger partial charge is 0.485 e. The number of esters is 1. The molecule has 5 aromatic carbocycles. The van der Waals surface area contributed by atoms with Gasteiger partial charge in [0.2, 0.25) is 0 Å². The van der Waals surface area contributed by atoms with Crippen LogP contribution in [0.3, 0.4) is 0 Å². The van der Waals surface area contributed by atoms with Gasteiger partial charge < -0.3 is 38.3 Å². The zero-order valence-corrected chi connectivity index (χ0v) is 34.3. The van der Waals surface area contributed by atoms with E-state index >= 15 is 4.79 Å². The highest BCUT2D eigenvalue weighted by Crippen LogP contribution is 2.34. The zero-order valence-electron chi connectivity index (χ0n) is 34.3. The molecule has 0 spiro atoms. The number of ether oxygens (including phenoxy) is 7. The van der Waals surface area contributed by atoms with Crippen LogP contribution in [0.15, 0.2) is 140 Å². The third-order valence-corrected chi connectivity index (χ3v) is 10.5. The molecule has 2 aliphatic heterocycles. The summed E-state index contributed by atoms with van der Waals surface area (Å²) in [6, 6.07) is 45.0. The Morgan fingerprint density at radius 3 is 1.56 bits per heavy atom. The van der Waals surface area contributed by atoms with Crippen molar-refractivity contribution in [3.05, 3.63) is 167 Å². The lowest BCUT2D eigenvalue weighted by Crippen LogP contribution is -2.52. The minimum atomic E-state index is -1.26. The van der Waals surface area contributed by atoms with E-state index in [0.29, 0.717) is 37.8 Å². The van der Waals surface area contributed by atoms with Crippen molar-refractivity contribution in [2.75, 3.05) is 13.2 Å². The van der Waals surface area contributed by atoms with Crippen molar-refractivity contribution in [3.8, 4) is 11.5 Å². The summed E-state index contributed by atoms with van der Waals surface area (Å²) in [5.41, 5.74) is 4.93. The van der Waals surface area contributed by atoms with E-state index in [4.69, 9.17) is 33.2 Å². The first-order valence-electron chi connectivity index (χ1n) is 20.3. The van der Waals surface area contributed by atoms with Gasteiger partial charge in [0.25, 0.3) is 0 Å². The van der Waals surface area contributed by atoms with E-state index in [2.05, 4.69) is 4.90 Å². The van der Waals surface area contributed by atoms with E-state index in [1.807, 2.05) is 140 Å². The van der Waals surface area contributed by atoms with Crippen molar-refractivity contribution < 1.29 is 43.1 Å². The van der Waals surface area contributed by atoms with E-state index in [9.17, 15) is 5.11 Å². The molecule has 1 N–H and O–H groups in total. The minimum absolute atomic E-state index is 0.119. The van der Waals surface area contributed by atoms with Gasteiger partial charge in [-0.2, -0.15) is 0 Å². The average Bonchev–Trinajstić information content (AvgIpc) is 3.81. The average molecular weight is 802 g/mol. The van der Waals surface area contributed by atoms with E-state index in [1.54, 1.807) is 27.7 Å². The molecule has 5 aromatic rings. The van der Waals surface area contributed by atoms with Crippen LogP contribution in [-0.2, 0) is 61.2 Å². The number of rotatable bonds is 18. The van der Waals surface area contributed by atoms with Gasteiger partial charge in [-0.05, 0) is 74.1 Å². The van der Waals surface area contributed by atoms with Gasteiger partial charge in [-0.3, -0.25) is 9.69 Å². The lowest BCUT2D eigenvalue weighted by Gasteiger charge is -2.35. The number of carbonyl (C=O) groups excluding carboxylic acids is 1. The molecule has 10 nitrogen and oxygen atoms in total. The summed E-state index contributed by atoms with van der Waals surface area (Å²) in [6.07, 6.45) is -3.65. The van der Waals surface area contributed by atoms with Crippen molar-refractivity contribution in [2.45, 2.75) is 102 Å². The molecular weight excluding hydrogens is 747 g/mol. The van der Waals surface area contributed by atoms with Gasteiger partial charge in [0.1, 0.15) is 37.6 Å². The molecule has 5 atom stereocenters. The topological polar surface area (TPSA) is 105 Å². The van der Waals surface area contributed by atoms with Crippen molar-refractivity contribution in [3.63, 3.8) is 0 Å². The molecule has 0 radical (unpaired) electrons. The van der Waals surface area contributed by atoms with E-state index in [-0.39, 0.29) is 19.6 Å². The summed E-state index contributed by atoms with van der Waals surface area (Å²) in [6.45, 7) is 9.00. The highest BCUT2D eigenvalue weighted by molar-refractivity contribution is 5.76. The highest BCUT2D eigenvalue weighted by atomic mass is 16.8. The number of benzene rings is 5. The molecule has 59 heavy (non-hydrogen) atoms. The summed E-state index contributed by atoms with van der Waals surface area (Å²) in [7, 11) is 0. The number of aliphatic hydroxyl groups is 1. The first-order chi connectivity index (χ1) is 28.5. The third kappa shape index (κ3) is 11.8. The Kier molecular flexibility index (Phi) is 13.8. The smallest absolute Gasteiger partial charge is 0.324 e. The second-order valence-electron chi connectivity index (χ2n) is 16.1. The summed E-state index contributed by atoms with van der Waals surface area (Å²) in [4.78, 5) is 17.2. The second kappa shape index (κ2) is 19.3. The third-order valence-electron chi connectivity index (χ3n) is 10.5. The maximum absolute atomic E-state index is 15.1. The molecule has 2 saturated heterocycles. The second-order valence-corrected chi connectivity index (χ2v) is 16.1. The molecule has 310 valence electrons. The maximum Gasteiger partial charge on any atom is 0.324 e. The monoisotopic (exact) mass is 801 g/mol. The van der Waals surface area contributed by atoms with Gasteiger partial charge in [0.05, 0.1) is 13.2 Å². The Labute approximate surface area is 347 Å². The van der Waals surface area contributed by atoms with Crippen LogP contribution in [0.2, 0.25) is 0 Å². The van der Waals surface area contributed by atoms with Crippen molar-refractivity contribution in [2.24, 2.45) is 0 Å². The van der Waals surface area contributed by atoms with Gasteiger partial charge >= 0.3 is 5.97 Å². The minimum Gasteiger partial charge on any atom is -0.485 e. The first-order valence-corrected chi connectivity index (χ1v) is 20.3. The van der Waals surface area contributed by atoms with Crippen molar-refractivity contribution >= 4 is 5.97 Å². The zero-order chi connectivity index (χ0) is 41.2. The maximum atomic E-state index is 15.1. The fourth-order valence-corrected chi connectivity index (χ4v) is 7.43. The fourth-order valence-electron chi connectivity index (χ4n) is 7.43. The molecule has 3 unspecified atom stereocenters. The van der Waals surface area contributed by atoms with Crippen LogP contribution in [0.5, 0.6) is 11.5 Å². The Hall–Kier alpha value is -5.07. The summed E-state index contributed by atoms with van der Waals surface area (Å²) >= 11 is 0. The molecule has 0 aliphatic carbocycles. The highest BCUT2D eigenvalue weighted by Gasteiger charge is 2.48. The standard InChI is InChI=1S/C49H55NO9/c1-48(2)55-33-43(58-48)45(51)46(44-34-56-49(3,4)59-44)57-47(52)40(50(29-35-17-9-5-10-18-35)30-36-19-11-6-12-20-36)27-39-25-26-41(53-31-37-21-13-7-14-22-37)42(28-39)54-32-38-23-15-8-16-24-38/h5-26,28,40,43-46,51H,27,29-34H2,1-4H3/t40?,43-,44-,45?,46?/m1/s1. The number of carbonyl (C=O) groups is 1. The van der Waals surface area contributed by atoms with Crippen LogP contribution >= 0.6 is 0 Å². The molecule has 2 aliphatic rings. The van der Waals surface area contributed by atoms with Gasteiger partial charge in [0.15, 0.2) is 29.2 Å². The quantitative estimate of drug-likeness (QED) is 0.0877. The molecule has 0 saturated carbocycles. The molecule has 2 heterocycles. The van der Waals surface area contributed by atoms with Crippen LogP contribution in [0.1, 0.15) is 55.5 Å². The van der Waals surface area contributed by atoms with Gasteiger partial charge in [0, 0.05) is 13.1 Å². The van der Waals surface area contributed by atoms with E-state index < -0.39 is 48.0 Å². The Bertz CT molecular complexity index is 2020. The molecular formula is C49H55NO9. The molecule has 2 fully saturated rings. The first kappa shape index (κ1) is 42.1. The van der Waals surface area contributed by atoms with Gasteiger partial charge in [-0.15, -0.1) is 0 Å². The molecule has 10 heteroatoms. The van der Waals surface area contributed by atoms with Crippen LogP contribution in [0.25, 0.3) is 0 Å². The van der Waals surface area contributed by atoms with Crippen LogP contribution < -0.4 is 9.47 Å². The normalized spacial score (nSPS) is 19.8. The van der Waals surface area contributed by atoms with Crippen LogP contribution in [-0.4, -0.2) is 71.2 Å². The van der Waals surface area contributed by atoms with E-state index in [0.717, 1.165) is 27.8 Å². The van der Waals surface area contributed by atoms with E-state index in [1.165, 1.54) is 0 Å².